The maximum absolute atomic E-state index is 6.34. The minimum absolute atomic E-state index is 0.155. The van der Waals surface area contributed by atoms with Crippen LogP contribution in [0.25, 0.3) is 0 Å². The number of pyridine rings is 1. The van der Waals surface area contributed by atoms with E-state index in [4.69, 9.17) is 5.73 Å². The van der Waals surface area contributed by atoms with Gasteiger partial charge in [0.1, 0.15) is 0 Å². The first-order valence-electron chi connectivity index (χ1n) is 5.68. The number of hydrogen-bond acceptors (Lipinski definition) is 3. The summed E-state index contributed by atoms with van der Waals surface area (Å²) >= 11 is 0. The molecule has 0 aliphatic carbocycles. The molecule has 0 amide bonds. The molecule has 17 heavy (non-hydrogen) atoms. The van der Waals surface area contributed by atoms with E-state index >= 15 is 0 Å². The van der Waals surface area contributed by atoms with E-state index in [0.717, 1.165) is 28.1 Å². The number of nitrogens with zero attached hydrogens (tertiary/aromatic N) is 3. The number of aromatic nitrogens is 3. The third-order valence-electron chi connectivity index (χ3n) is 3.29. The molecule has 0 saturated carbocycles. The molecule has 0 aliphatic rings. The van der Waals surface area contributed by atoms with Crippen LogP contribution in [0.3, 0.4) is 0 Å². The Balaban J connectivity index is 2.51. The molecule has 90 valence electrons. The Bertz CT molecular complexity index is 542. The highest BCUT2D eigenvalue weighted by atomic mass is 15.3. The Kier molecular flexibility index (Phi) is 2.98. The Morgan fingerprint density at radius 1 is 1.29 bits per heavy atom. The molecule has 0 spiro atoms. The van der Waals surface area contributed by atoms with Gasteiger partial charge in [0.2, 0.25) is 0 Å². The number of nitrogens with two attached hydrogens (primary N) is 1. The van der Waals surface area contributed by atoms with Crippen molar-refractivity contribution in [1.29, 1.82) is 0 Å². The van der Waals surface area contributed by atoms with Gasteiger partial charge in [0.05, 0.1) is 11.7 Å². The van der Waals surface area contributed by atoms with Gasteiger partial charge in [-0.05, 0) is 38.0 Å². The highest BCUT2D eigenvalue weighted by Gasteiger charge is 2.19. The van der Waals surface area contributed by atoms with Crippen molar-refractivity contribution in [2.75, 3.05) is 0 Å². The summed E-state index contributed by atoms with van der Waals surface area (Å²) in [5.74, 6) is 0. The minimum Gasteiger partial charge on any atom is -0.320 e. The van der Waals surface area contributed by atoms with Crippen molar-refractivity contribution in [2.45, 2.75) is 26.8 Å². The maximum Gasteiger partial charge on any atom is 0.0647 e. The largest absolute Gasteiger partial charge is 0.320 e. The maximum atomic E-state index is 6.34. The summed E-state index contributed by atoms with van der Waals surface area (Å²) in [7, 11) is 1.94. The van der Waals surface area contributed by atoms with Gasteiger partial charge in [-0.1, -0.05) is 0 Å². The first-order chi connectivity index (χ1) is 8.02. The van der Waals surface area contributed by atoms with Crippen LogP contribution >= 0.6 is 0 Å². The van der Waals surface area contributed by atoms with Gasteiger partial charge >= 0.3 is 0 Å². The van der Waals surface area contributed by atoms with Gasteiger partial charge in [-0.25, -0.2) is 0 Å². The average Bonchev–Trinajstić information content (AvgIpc) is 2.53. The molecule has 1 atom stereocenters. The van der Waals surface area contributed by atoms with E-state index in [1.807, 2.05) is 37.8 Å². The zero-order chi connectivity index (χ0) is 12.6. The van der Waals surface area contributed by atoms with Crippen molar-refractivity contribution in [3.63, 3.8) is 0 Å². The summed E-state index contributed by atoms with van der Waals surface area (Å²) in [5.41, 5.74) is 11.8. The van der Waals surface area contributed by atoms with Gasteiger partial charge in [-0.15, -0.1) is 0 Å². The van der Waals surface area contributed by atoms with Crippen molar-refractivity contribution in [1.82, 2.24) is 14.8 Å². The van der Waals surface area contributed by atoms with Gasteiger partial charge < -0.3 is 5.73 Å². The molecule has 2 aromatic rings. The molecular formula is C13H18N4. The summed E-state index contributed by atoms with van der Waals surface area (Å²) < 4.78 is 1.87. The standard InChI is InChI=1S/C13H18N4/c1-8-5-6-15-7-11(8)13(14)12-9(2)16-17(4)10(12)3/h5-7,13H,14H2,1-4H3. The second-order valence-electron chi connectivity index (χ2n) is 4.42. The van der Waals surface area contributed by atoms with E-state index in [0.29, 0.717) is 0 Å². The van der Waals surface area contributed by atoms with E-state index < -0.39 is 0 Å². The Morgan fingerprint density at radius 2 is 2.00 bits per heavy atom. The van der Waals surface area contributed by atoms with Gasteiger partial charge in [-0.3, -0.25) is 9.67 Å². The van der Waals surface area contributed by atoms with Crippen LogP contribution in [-0.4, -0.2) is 14.8 Å². The van der Waals surface area contributed by atoms with Crippen LogP contribution in [0.15, 0.2) is 18.5 Å². The van der Waals surface area contributed by atoms with Gasteiger partial charge in [0.25, 0.3) is 0 Å². The number of hydrogen-bond donors (Lipinski definition) is 1. The summed E-state index contributed by atoms with van der Waals surface area (Å²) in [6.07, 6.45) is 3.63. The van der Waals surface area contributed by atoms with Crippen LogP contribution in [0.2, 0.25) is 0 Å². The molecule has 4 heteroatoms. The zero-order valence-electron chi connectivity index (χ0n) is 10.7. The highest BCUT2D eigenvalue weighted by Crippen LogP contribution is 2.26. The van der Waals surface area contributed by atoms with Gasteiger partial charge in [-0.2, -0.15) is 5.10 Å². The van der Waals surface area contributed by atoms with Crippen LogP contribution < -0.4 is 5.73 Å². The molecule has 0 aliphatic heterocycles. The van der Waals surface area contributed by atoms with Crippen molar-refractivity contribution >= 4 is 0 Å². The quantitative estimate of drug-likeness (QED) is 0.855. The lowest BCUT2D eigenvalue weighted by atomic mass is 9.96. The molecule has 0 bridgehead atoms. The molecule has 0 fully saturated rings. The van der Waals surface area contributed by atoms with E-state index in [2.05, 4.69) is 17.0 Å². The lowest BCUT2D eigenvalue weighted by Gasteiger charge is -2.14. The molecule has 1 unspecified atom stereocenters. The number of aryl methyl sites for hydroxylation is 3. The van der Waals surface area contributed by atoms with Crippen LogP contribution in [0.4, 0.5) is 0 Å². The van der Waals surface area contributed by atoms with Crippen molar-refractivity contribution in [3.8, 4) is 0 Å². The fourth-order valence-electron chi connectivity index (χ4n) is 2.20. The Morgan fingerprint density at radius 3 is 2.53 bits per heavy atom. The van der Waals surface area contributed by atoms with Crippen molar-refractivity contribution in [2.24, 2.45) is 12.8 Å². The SMILES string of the molecule is Cc1ccncc1C(N)c1c(C)nn(C)c1C. The van der Waals surface area contributed by atoms with Crippen LogP contribution in [0, 0.1) is 20.8 Å². The van der Waals surface area contributed by atoms with Gasteiger partial charge in [0, 0.05) is 30.7 Å². The predicted molar refractivity (Wildman–Crippen MR) is 67.7 cm³/mol. The van der Waals surface area contributed by atoms with Crippen LogP contribution in [-0.2, 0) is 7.05 Å². The summed E-state index contributed by atoms with van der Waals surface area (Å²) in [4.78, 5) is 4.15. The first kappa shape index (κ1) is 11.8. The molecule has 0 saturated heterocycles. The summed E-state index contributed by atoms with van der Waals surface area (Å²) in [6.45, 7) is 6.09. The van der Waals surface area contributed by atoms with E-state index in [1.54, 1.807) is 6.20 Å². The lowest BCUT2D eigenvalue weighted by molar-refractivity contribution is 0.728. The first-order valence-corrected chi connectivity index (χ1v) is 5.68. The molecule has 4 nitrogen and oxygen atoms in total. The molecule has 2 aromatic heterocycles. The van der Waals surface area contributed by atoms with Crippen LogP contribution in [0.5, 0.6) is 0 Å². The highest BCUT2D eigenvalue weighted by molar-refractivity contribution is 5.38. The third-order valence-corrected chi connectivity index (χ3v) is 3.29. The lowest BCUT2D eigenvalue weighted by Crippen LogP contribution is -2.15. The van der Waals surface area contributed by atoms with Crippen molar-refractivity contribution < 1.29 is 0 Å². The van der Waals surface area contributed by atoms with E-state index in [9.17, 15) is 0 Å². The monoisotopic (exact) mass is 230 g/mol. The molecule has 2 heterocycles. The molecule has 0 aromatic carbocycles. The van der Waals surface area contributed by atoms with Crippen molar-refractivity contribution in [3.05, 3.63) is 46.5 Å². The minimum atomic E-state index is -0.155. The average molecular weight is 230 g/mol. The molecule has 0 radical (unpaired) electrons. The van der Waals surface area contributed by atoms with Gasteiger partial charge in [0.15, 0.2) is 0 Å². The topological polar surface area (TPSA) is 56.7 Å². The fraction of sp³-hybridized carbons (Fsp3) is 0.385. The predicted octanol–water partition coefficient (Wildman–Crippen LogP) is 1.79. The smallest absolute Gasteiger partial charge is 0.0647 e. The third kappa shape index (κ3) is 1.96. The fourth-order valence-corrected chi connectivity index (χ4v) is 2.20. The summed E-state index contributed by atoms with van der Waals surface area (Å²) in [5, 5.41) is 4.40. The summed E-state index contributed by atoms with van der Waals surface area (Å²) in [6, 6.07) is 1.83. The Hall–Kier alpha value is -1.68. The zero-order valence-corrected chi connectivity index (χ0v) is 10.7. The Labute approximate surface area is 101 Å². The normalized spacial score (nSPS) is 12.8. The van der Waals surface area contributed by atoms with E-state index in [-0.39, 0.29) is 6.04 Å². The molecule has 2 N–H and O–H groups in total. The second kappa shape index (κ2) is 4.30. The van der Waals surface area contributed by atoms with E-state index in [1.165, 1.54) is 0 Å². The second-order valence-corrected chi connectivity index (χ2v) is 4.42. The molecule has 2 rings (SSSR count). The number of rotatable bonds is 2. The van der Waals surface area contributed by atoms with Crippen LogP contribution in [0.1, 0.15) is 34.1 Å². The molecular weight excluding hydrogens is 212 g/mol.